The normalized spacial score (nSPS) is 12.3. The number of fused-ring (bicyclic) bond motifs is 13. The van der Waals surface area contributed by atoms with E-state index in [-0.39, 0.29) is 0 Å². The van der Waals surface area contributed by atoms with Gasteiger partial charge in [-0.3, -0.25) is 0 Å². The van der Waals surface area contributed by atoms with Crippen molar-refractivity contribution in [1.29, 1.82) is 0 Å². The highest BCUT2D eigenvalue weighted by molar-refractivity contribution is 7.25. The van der Waals surface area contributed by atoms with Gasteiger partial charge in [0.25, 0.3) is 0 Å². The molecular weight excluding hydrogens is 583 g/mol. The molecule has 4 heterocycles. The van der Waals surface area contributed by atoms with E-state index >= 15 is 0 Å². The molecule has 0 bridgehead atoms. The molecule has 0 unspecified atom stereocenters. The van der Waals surface area contributed by atoms with E-state index in [1.165, 1.54) is 31.1 Å². The summed E-state index contributed by atoms with van der Waals surface area (Å²) < 4.78 is 18.2. The van der Waals surface area contributed by atoms with Gasteiger partial charge in [-0.25, -0.2) is 0 Å². The van der Waals surface area contributed by atoms with Crippen molar-refractivity contribution in [2.24, 2.45) is 0 Å². The third kappa shape index (κ3) is 3.16. The molecule has 0 N–H and O–H groups in total. The van der Waals surface area contributed by atoms with E-state index in [0.717, 1.165) is 71.5 Å². The molecule has 0 aliphatic rings. The average Bonchev–Trinajstić information content (AvgIpc) is 3.86. The minimum absolute atomic E-state index is 0.883. The summed E-state index contributed by atoms with van der Waals surface area (Å²) in [6.07, 6.45) is 0. The van der Waals surface area contributed by atoms with E-state index in [1.54, 1.807) is 0 Å². The predicted octanol–water partition coefficient (Wildman–Crippen LogP) is 12.6. The zero-order chi connectivity index (χ0) is 29.9. The maximum Gasteiger partial charge on any atom is 0.145 e. The van der Waals surface area contributed by atoms with Crippen molar-refractivity contribution in [3.05, 3.63) is 140 Å². The van der Waals surface area contributed by atoms with Gasteiger partial charge in [-0.05, 0) is 60.2 Å². The first-order valence-electron chi connectivity index (χ1n) is 15.5. The number of hydrogen-bond donors (Lipinski definition) is 0. The molecule has 0 spiro atoms. The van der Waals surface area contributed by atoms with Crippen molar-refractivity contribution >= 4 is 97.2 Å². The molecule has 0 saturated heterocycles. The summed E-state index contributed by atoms with van der Waals surface area (Å²) in [5.41, 5.74) is 9.33. The van der Waals surface area contributed by atoms with Crippen LogP contribution in [0.5, 0.6) is 0 Å². The molecule has 0 aliphatic heterocycles. The Balaban J connectivity index is 1.18. The summed E-state index contributed by atoms with van der Waals surface area (Å²) in [5, 5.41) is 9.40. The van der Waals surface area contributed by atoms with Crippen LogP contribution in [0.2, 0.25) is 0 Å². The summed E-state index contributed by atoms with van der Waals surface area (Å²) in [6, 6.07) is 49.8. The van der Waals surface area contributed by atoms with Crippen LogP contribution in [0.3, 0.4) is 0 Å². The van der Waals surface area contributed by atoms with Crippen molar-refractivity contribution in [3.8, 4) is 16.8 Å². The number of rotatable bonds is 2. The lowest BCUT2D eigenvalue weighted by molar-refractivity contribution is 0.670. The van der Waals surface area contributed by atoms with Gasteiger partial charge in [-0.1, -0.05) is 84.9 Å². The third-order valence-electron chi connectivity index (χ3n) is 9.61. The summed E-state index contributed by atoms with van der Waals surface area (Å²) in [5.74, 6) is 0. The predicted molar refractivity (Wildman–Crippen MR) is 194 cm³/mol. The Morgan fingerprint density at radius 1 is 0.413 bits per heavy atom. The maximum atomic E-state index is 6.69. The number of nitrogens with zero attached hydrogens (tertiary/aromatic N) is 1. The fraction of sp³-hybridized carbons (Fsp3) is 0. The highest BCUT2D eigenvalue weighted by Gasteiger charge is 2.20. The number of benzene rings is 7. The topological polar surface area (TPSA) is 31.2 Å². The average molecular weight is 606 g/mol. The van der Waals surface area contributed by atoms with E-state index in [1.807, 2.05) is 23.5 Å². The number of furan rings is 2. The Morgan fingerprint density at radius 2 is 1.11 bits per heavy atom. The van der Waals surface area contributed by atoms with Crippen LogP contribution in [-0.2, 0) is 0 Å². The van der Waals surface area contributed by atoms with Crippen LogP contribution >= 0.6 is 11.3 Å². The van der Waals surface area contributed by atoms with Gasteiger partial charge in [-0.2, -0.15) is 0 Å². The molecule has 4 heteroatoms. The molecule has 0 fully saturated rings. The highest BCUT2D eigenvalue weighted by atomic mass is 32.1. The van der Waals surface area contributed by atoms with Crippen LogP contribution in [-0.4, -0.2) is 4.57 Å². The fourth-order valence-electron chi connectivity index (χ4n) is 7.65. The van der Waals surface area contributed by atoms with Crippen LogP contribution < -0.4 is 0 Å². The van der Waals surface area contributed by atoms with Crippen LogP contribution in [0, 0.1) is 0 Å². The zero-order valence-electron chi connectivity index (χ0n) is 24.5. The Bertz CT molecular complexity index is 3040. The molecule has 3 nitrogen and oxygen atoms in total. The van der Waals surface area contributed by atoms with Gasteiger partial charge in [0.15, 0.2) is 0 Å². The number of thiophene rings is 1. The van der Waals surface area contributed by atoms with E-state index in [9.17, 15) is 0 Å². The molecule has 214 valence electrons. The molecule has 0 aliphatic carbocycles. The summed E-state index contributed by atoms with van der Waals surface area (Å²) >= 11 is 1.84. The summed E-state index contributed by atoms with van der Waals surface area (Å²) in [4.78, 5) is 0. The van der Waals surface area contributed by atoms with Crippen molar-refractivity contribution in [2.45, 2.75) is 0 Å². The van der Waals surface area contributed by atoms with Crippen molar-refractivity contribution in [1.82, 2.24) is 4.57 Å². The fourth-order valence-corrected chi connectivity index (χ4v) is 8.78. The van der Waals surface area contributed by atoms with Crippen LogP contribution in [0.15, 0.2) is 148 Å². The van der Waals surface area contributed by atoms with Gasteiger partial charge in [0, 0.05) is 58.4 Å². The molecule has 7 aromatic carbocycles. The summed E-state index contributed by atoms with van der Waals surface area (Å²) in [6.45, 7) is 0. The molecule has 0 saturated carbocycles. The van der Waals surface area contributed by atoms with E-state index < -0.39 is 0 Å². The van der Waals surface area contributed by atoms with Gasteiger partial charge in [0.1, 0.15) is 22.3 Å². The van der Waals surface area contributed by atoms with Crippen LogP contribution in [0.25, 0.3) is 103 Å². The van der Waals surface area contributed by atoms with Crippen LogP contribution in [0.1, 0.15) is 0 Å². The van der Waals surface area contributed by atoms with Crippen molar-refractivity contribution in [2.75, 3.05) is 0 Å². The highest BCUT2D eigenvalue weighted by Crippen LogP contribution is 2.45. The molecule has 4 aromatic heterocycles. The van der Waals surface area contributed by atoms with E-state index in [0.29, 0.717) is 0 Å². The monoisotopic (exact) mass is 605 g/mol. The first kappa shape index (κ1) is 24.5. The van der Waals surface area contributed by atoms with Gasteiger partial charge < -0.3 is 13.4 Å². The Kier molecular flexibility index (Phi) is 4.72. The second-order valence-electron chi connectivity index (χ2n) is 12.0. The first-order chi connectivity index (χ1) is 22.8. The van der Waals surface area contributed by atoms with Gasteiger partial charge in [0.2, 0.25) is 0 Å². The second-order valence-corrected chi connectivity index (χ2v) is 13.1. The quantitative estimate of drug-likeness (QED) is 0.196. The van der Waals surface area contributed by atoms with Gasteiger partial charge >= 0.3 is 0 Å². The number of hydrogen-bond acceptors (Lipinski definition) is 3. The SMILES string of the molecule is c1ccc2c(c1)oc1c2ccc2c1c1ccccc1n2-c1ccc2oc3c(-c4cccc5sc6ccccc6c45)cccc3c2c1. The Morgan fingerprint density at radius 3 is 2.07 bits per heavy atom. The Hall–Kier alpha value is -5.84. The number of aromatic nitrogens is 1. The van der Waals surface area contributed by atoms with E-state index in [2.05, 4.69) is 132 Å². The lowest BCUT2D eigenvalue weighted by Gasteiger charge is -2.08. The molecular formula is C42H23NO2S. The zero-order valence-corrected chi connectivity index (χ0v) is 25.3. The Labute approximate surface area is 266 Å². The summed E-state index contributed by atoms with van der Waals surface area (Å²) in [7, 11) is 0. The molecule has 11 aromatic rings. The smallest absolute Gasteiger partial charge is 0.145 e. The lowest BCUT2D eigenvalue weighted by atomic mass is 9.97. The standard InChI is InChI=1S/C42H23NO2S/c1-4-15-33-30(10-1)40-34(21-20-29-25-9-2-5-16-35(25)45-42(29)40)43(33)24-19-22-36-32(23-24)28-14-7-13-27(41(28)44-36)26-12-8-18-38-39(26)31-11-3-6-17-37(31)46-38/h1-23H. The third-order valence-corrected chi connectivity index (χ3v) is 10.7. The van der Waals surface area contributed by atoms with Crippen molar-refractivity contribution in [3.63, 3.8) is 0 Å². The second kappa shape index (κ2) is 8.87. The molecule has 0 amide bonds. The molecule has 0 atom stereocenters. The van der Waals surface area contributed by atoms with Gasteiger partial charge in [0.05, 0.1) is 16.4 Å². The minimum atomic E-state index is 0.883. The van der Waals surface area contributed by atoms with Gasteiger partial charge in [-0.15, -0.1) is 11.3 Å². The molecule has 46 heavy (non-hydrogen) atoms. The first-order valence-corrected chi connectivity index (χ1v) is 16.3. The van der Waals surface area contributed by atoms with Crippen LogP contribution in [0.4, 0.5) is 0 Å². The maximum absolute atomic E-state index is 6.69. The lowest BCUT2D eigenvalue weighted by Crippen LogP contribution is -1.93. The number of para-hydroxylation sites is 3. The molecule has 0 radical (unpaired) electrons. The van der Waals surface area contributed by atoms with Crippen molar-refractivity contribution < 1.29 is 8.83 Å². The largest absolute Gasteiger partial charge is 0.455 e. The minimum Gasteiger partial charge on any atom is -0.455 e. The molecule has 11 rings (SSSR count). The van der Waals surface area contributed by atoms with E-state index in [4.69, 9.17) is 8.83 Å².